The number of hydrogen-bond acceptors (Lipinski definition) is 5. The molecular formula is C13H16N4O2. The molecule has 19 heavy (non-hydrogen) atoms. The van der Waals surface area contributed by atoms with Crippen LogP contribution in [0.1, 0.15) is 37.1 Å². The number of aromatic nitrogens is 3. The molecule has 0 aliphatic heterocycles. The van der Waals surface area contributed by atoms with Crippen molar-refractivity contribution >= 4 is 5.95 Å². The quantitative estimate of drug-likeness (QED) is 0.874. The Hall–Kier alpha value is -2.11. The molecule has 0 unspecified atom stereocenters. The summed E-state index contributed by atoms with van der Waals surface area (Å²) in [6.45, 7) is 0. The van der Waals surface area contributed by atoms with Crippen molar-refractivity contribution in [1.82, 2.24) is 15.2 Å². The first-order valence-corrected chi connectivity index (χ1v) is 6.56. The SMILES string of the molecule is O=c1[nH]c(NC2CCCC2)nnc1Cc1ccco1. The lowest BCUT2D eigenvalue weighted by molar-refractivity contribution is 0.517. The number of anilines is 1. The van der Waals surface area contributed by atoms with Crippen LogP contribution in [0, 0.1) is 0 Å². The third-order valence-electron chi connectivity index (χ3n) is 3.38. The lowest BCUT2D eigenvalue weighted by Crippen LogP contribution is -2.23. The number of aromatic amines is 1. The third-order valence-corrected chi connectivity index (χ3v) is 3.38. The first-order valence-electron chi connectivity index (χ1n) is 6.56. The van der Waals surface area contributed by atoms with Gasteiger partial charge in [0, 0.05) is 6.04 Å². The van der Waals surface area contributed by atoms with Crippen molar-refractivity contribution in [3.63, 3.8) is 0 Å². The van der Waals surface area contributed by atoms with Gasteiger partial charge >= 0.3 is 0 Å². The zero-order valence-corrected chi connectivity index (χ0v) is 10.6. The van der Waals surface area contributed by atoms with Gasteiger partial charge in [-0.1, -0.05) is 12.8 Å². The van der Waals surface area contributed by atoms with Crippen LogP contribution in [0.25, 0.3) is 0 Å². The van der Waals surface area contributed by atoms with Crippen molar-refractivity contribution in [2.45, 2.75) is 38.1 Å². The van der Waals surface area contributed by atoms with Crippen LogP contribution >= 0.6 is 0 Å². The molecule has 0 saturated heterocycles. The summed E-state index contributed by atoms with van der Waals surface area (Å²) >= 11 is 0. The highest BCUT2D eigenvalue weighted by Crippen LogP contribution is 2.20. The fraction of sp³-hybridized carbons (Fsp3) is 0.462. The molecule has 0 amide bonds. The molecule has 0 spiro atoms. The highest BCUT2D eigenvalue weighted by Gasteiger charge is 2.16. The summed E-state index contributed by atoms with van der Waals surface area (Å²) in [6, 6.07) is 4.00. The van der Waals surface area contributed by atoms with Crippen molar-refractivity contribution < 1.29 is 4.42 Å². The molecular weight excluding hydrogens is 244 g/mol. The highest BCUT2D eigenvalue weighted by molar-refractivity contribution is 5.24. The number of nitrogens with one attached hydrogen (secondary N) is 2. The Labute approximate surface area is 110 Å². The lowest BCUT2D eigenvalue weighted by atomic mass is 10.2. The van der Waals surface area contributed by atoms with Crippen LogP contribution in [0.2, 0.25) is 0 Å². The fourth-order valence-corrected chi connectivity index (χ4v) is 2.38. The second-order valence-electron chi connectivity index (χ2n) is 4.83. The summed E-state index contributed by atoms with van der Waals surface area (Å²) < 4.78 is 5.19. The smallest absolute Gasteiger partial charge is 0.274 e. The van der Waals surface area contributed by atoms with E-state index in [-0.39, 0.29) is 5.56 Å². The Kier molecular flexibility index (Phi) is 3.31. The molecule has 2 aromatic heterocycles. The van der Waals surface area contributed by atoms with E-state index in [1.807, 2.05) is 6.07 Å². The molecule has 0 radical (unpaired) electrons. The summed E-state index contributed by atoms with van der Waals surface area (Å²) in [5, 5.41) is 11.2. The highest BCUT2D eigenvalue weighted by atomic mass is 16.3. The second-order valence-corrected chi connectivity index (χ2v) is 4.83. The molecule has 1 aliphatic rings. The molecule has 0 bridgehead atoms. The van der Waals surface area contributed by atoms with Crippen molar-refractivity contribution in [2.75, 3.05) is 5.32 Å². The number of nitrogens with zero attached hydrogens (tertiary/aromatic N) is 2. The maximum Gasteiger partial charge on any atom is 0.274 e. The fourth-order valence-electron chi connectivity index (χ4n) is 2.38. The minimum absolute atomic E-state index is 0.216. The van der Waals surface area contributed by atoms with Crippen molar-refractivity contribution in [2.24, 2.45) is 0 Å². The summed E-state index contributed by atoms with van der Waals surface area (Å²) in [4.78, 5) is 14.6. The third kappa shape index (κ3) is 2.83. The molecule has 6 heteroatoms. The van der Waals surface area contributed by atoms with Gasteiger partial charge in [-0.3, -0.25) is 9.78 Å². The van der Waals surface area contributed by atoms with Crippen LogP contribution in [0.5, 0.6) is 0 Å². The molecule has 2 heterocycles. The van der Waals surface area contributed by atoms with Gasteiger partial charge in [0.2, 0.25) is 5.95 Å². The summed E-state index contributed by atoms with van der Waals surface area (Å²) in [7, 11) is 0. The summed E-state index contributed by atoms with van der Waals surface area (Å²) in [5.41, 5.74) is 0.152. The van der Waals surface area contributed by atoms with Gasteiger partial charge in [0.1, 0.15) is 11.5 Å². The Morgan fingerprint density at radius 1 is 1.37 bits per heavy atom. The topological polar surface area (TPSA) is 83.8 Å². The van der Waals surface area contributed by atoms with Crippen LogP contribution in [0.15, 0.2) is 27.6 Å². The van der Waals surface area contributed by atoms with Crippen LogP contribution < -0.4 is 10.9 Å². The summed E-state index contributed by atoms with van der Waals surface area (Å²) in [5.74, 6) is 1.16. The van der Waals surface area contributed by atoms with Gasteiger partial charge in [-0.2, -0.15) is 0 Å². The van der Waals surface area contributed by atoms with E-state index in [1.165, 1.54) is 12.8 Å². The summed E-state index contributed by atoms with van der Waals surface area (Å²) in [6.07, 6.45) is 6.64. The van der Waals surface area contributed by atoms with E-state index < -0.39 is 0 Å². The van der Waals surface area contributed by atoms with E-state index >= 15 is 0 Å². The van der Waals surface area contributed by atoms with Gasteiger partial charge in [0.25, 0.3) is 5.56 Å². The number of rotatable bonds is 4. The molecule has 0 aromatic carbocycles. The zero-order chi connectivity index (χ0) is 13.1. The van der Waals surface area contributed by atoms with Gasteiger partial charge in [-0.15, -0.1) is 10.2 Å². The standard InChI is InChI=1S/C13H16N4O2/c18-12-11(8-10-6-3-7-19-10)16-17-13(15-12)14-9-4-1-2-5-9/h3,6-7,9H,1-2,4-5,8H2,(H2,14,15,17,18). The predicted octanol–water partition coefficient (Wildman–Crippen LogP) is 1.70. The molecule has 100 valence electrons. The first kappa shape index (κ1) is 12.0. The van der Waals surface area contributed by atoms with Crippen molar-refractivity contribution in [1.29, 1.82) is 0 Å². The molecule has 0 atom stereocenters. The molecule has 1 aliphatic carbocycles. The minimum Gasteiger partial charge on any atom is -0.469 e. The van der Waals surface area contributed by atoms with Gasteiger partial charge in [-0.05, 0) is 25.0 Å². The Balaban J connectivity index is 1.72. The van der Waals surface area contributed by atoms with Crippen LogP contribution in [-0.2, 0) is 6.42 Å². The molecule has 6 nitrogen and oxygen atoms in total. The molecule has 2 aromatic rings. The normalized spacial score (nSPS) is 15.8. The van der Waals surface area contributed by atoms with Crippen LogP contribution in [-0.4, -0.2) is 21.2 Å². The maximum absolute atomic E-state index is 11.9. The van der Waals surface area contributed by atoms with Gasteiger partial charge < -0.3 is 9.73 Å². The monoisotopic (exact) mass is 260 g/mol. The average molecular weight is 260 g/mol. The van der Waals surface area contributed by atoms with E-state index in [1.54, 1.807) is 12.3 Å². The zero-order valence-electron chi connectivity index (χ0n) is 10.6. The van der Waals surface area contributed by atoms with Crippen LogP contribution in [0.3, 0.4) is 0 Å². The molecule has 1 saturated carbocycles. The van der Waals surface area contributed by atoms with E-state index in [2.05, 4.69) is 20.5 Å². The van der Waals surface area contributed by atoms with Gasteiger partial charge in [-0.25, -0.2) is 0 Å². The Morgan fingerprint density at radius 2 is 2.21 bits per heavy atom. The Morgan fingerprint density at radius 3 is 2.89 bits per heavy atom. The molecule has 1 fully saturated rings. The lowest BCUT2D eigenvalue weighted by Gasteiger charge is -2.11. The number of H-pyrrole nitrogens is 1. The van der Waals surface area contributed by atoms with Crippen molar-refractivity contribution in [3.8, 4) is 0 Å². The first-order chi connectivity index (χ1) is 9.31. The van der Waals surface area contributed by atoms with E-state index in [9.17, 15) is 4.79 Å². The van der Waals surface area contributed by atoms with E-state index in [0.29, 0.717) is 29.9 Å². The maximum atomic E-state index is 11.9. The van der Waals surface area contributed by atoms with E-state index in [0.717, 1.165) is 12.8 Å². The molecule has 2 N–H and O–H groups in total. The predicted molar refractivity (Wildman–Crippen MR) is 70.0 cm³/mol. The minimum atomic E-state index is -0.216. The van der Waals surface area contributed by atoms with Crippen LogP contribution in [0.4, 0.5) is 5.95 Å². The van der Waals surface area contributed by atoms with E-state index in [4.69, 9.17) is 4.42 Å². The largest absolute Gasteiger partial charge is 0.469 e. The number of hydrogen-bond donors (Lipinski definition) is 2. The van der Waals surface area contributed by atoms with Crippen molar-refractivity contribution in [3.05, 3.63) is 40.2 Å². The second kappa shape index (κ2) is 5.26. The molecule has 3 rings (SSSR count). The Bertz CT molecular complexity index is 585. The number of furan rings is 1. The average Bonchev–Trinajstić information content (AvgIpc) is 3.05. The van der Waals surface area contributed by atoms with Gasteiger partial charge in [0.15, 0.2) is 0 Å². The van der Waals surface area contributed by atoms with Gasteiger partial charge in [0.05, 0.1) is 12.7 Å².